The highest BCUT2D eigenvalue weighted by molar-refractivity contribution is 5.66. The van der Waals surface area contributed by atoms with Gasteiger partial charge in [-0.25, -0.2) is 4.98 Å². The minimum atomic E-state index is -0.794. The van der Waals surface area contributed by atoms with Crippen molar-refractivity contribution in [3.8, 4) is 0 Å². The molecule has 116 valence electrons. The monoisotopic (exact) mass is 295 g/mol. The molecular formula is C14H21N3O4. The summed E-state index contributed by atoms with van der Waals surface area (Å²) in [5.74, 6) is -0.233. The summed E-state index contributed by atoms with van der Waals surface area (Å²) in [7, 11) is 0. The summed E-state index contributed by atoms with van der Waals surface area (Å²) >= 11 is 0. The molecule has 1 aromatic rings. The molecule has 1 heterocycles. The zero-order valence-electron chi connectivity index (χ0n) is 12.3. The molecule has 0 saturated carbocycles. The number of hydrogen-bond donors (Lipinski definition) is 2. The maximum absolute atomic E-state index is 11.0. The Morgan fingerprint density at radius 1 is 1.52 bits per heavy atom. The van der Waals surface area contributed by atoms with Crippen LogP contribution in [0.3, 0.4) is 0 Å². The van der Waals surface area contributed by atoms with Crippen molar-refractivity contribution in [3.63, 3.8) is 0 Å². The van der Waals surface area contributed by atoms with Gasteiger partial charge in [0.2, 0.25) is 5.82 Å². The van der Waals surface area contributed by atoms with Crippen molar-refractivity contribution >= 4 is 17.5 Å². The molecule has 0 saturated heterocycles. The van der Waals surface area contributed by atoms with Gasteiger partial charge >= 0.3 is 11.7 Å². The van der Waals surface area contributed by atoms with Crippen LogP contribution in [0.2, 0.25) is 0 Å². The Labute approximate surface area is 123 Å². The number of aliphatic carboxylic acids is 1. The minimum absolute atomic E-state index is 0.00363. The third-order valence-corrected chi connectivity index (χ3v) is 3.50. The molecule has 0 fully saturated rings. The van der Waals surface area contributed by atoms with E-state index in [1.165, 1.54) is 6.20 Å². The number of nitrogens with zero attached hydrogens (tertiary/aromatic N) is 2. The molecule has 1 atom stereocenters. The Bertz CT molecular complexity index is 505. The van der Waals surface area contributed by atoms with Crippen molar-refractivity contribution < 1.29 is 14.8 Å². The lowest BCUT2D eigenvalue weighted by Crippen LogP contribution is -2.12. The van der Waals surface area contributed by atoms with Crippen LogP contribution in [0.4, 0.5) is 11.5 Å². The zero-order chi connectivity index (χ0) is 15.8. The molecule has 0 aliphatic carbocycles. The second-order valence-corrected chi connectivity index (χ2v) is 5.00. The topological polar surface area (TPSA) is 105 Å². The van der Waals surface area contributed by atoms with Gasteiger partial charge in [0.1, 0.15) is 0 Å². The van der Waals surface area contributed by atoms with Crippen LogP contribution in [0.1, 0.15) is 38.2 Å². The van der Waals surface area contributed by atoms with E-state index in [-0.39, 0.29) is 23.8 Å². The van der Waals surface area contributed by atoms with Gasteiger partial charge in [-0.05, 0) is 31.7 Å². The van der Waals surface area contributed by atoms with Gasteiger partial charge in [-0.1, -0.05) is 13.3 Å². The van der Waals surface area contributed by atoms with Crippen LogP contribution in [0.5, 0.6) is 0 Å². The highest BCUT2D eigenvalue weighted by atomic mass is 16.6. The Kier molecular flexibility index (Phi) is 6.58. The number of pyridine rings is 1. The summed E-state index contributed by atoms with van der Waals surface area (Å²) in [5.41, 5.74) is 0.562. The molecular weight excluding hydrogens is 274 g/mol. The maximum atomic E-state index is 11.0. The van der Waals surface area contributed by atoms with Gasteiger partial charge in [0.05, 0.1) is 4.92 Å². The van der Waals surface area contributed by atoms with E-state index >= 15 is 0 Å². The summed E-state index contributed by atoms with van der Waals surface area (Å²) in [6.07, 6.45) is 3.96. The third-order valence-electron chi connectivity index (χ3n) is 3.50. The number of nitrogens with one attached hydrogen (secondary N) is 1. The average molecular weight is 295 g/mol. The Hall–Kier alpha value is -2.18. The number of aromatic nitrogens is 1. The molecule has 0 radical (unpaired) electrons. The predicted molar refractivity (Wildman–Crippen MR) is 79.4 cm³/mol. The van der Waals surface area contributed by atoms with Gasteiger partial charge in [0, 0.05) is 24.7 Å². The summed E-state index contributed by atoms with van der Waals surface area (Å²) in [4.78, 5) is 25.2. The van der Waals surface area contributed by atoms with Gasteiger partial charge in [0.15, 0.2) is 0 Å². The fraction of sp³-hybridized carbons (Fsp3) is 0.571. The predicted octanol–water partition coefficient (Wildman–Crippen LogP) is 2.99. The van der Waals surface area contributed by atoms with Gasteiger partial charge in [-0.3, -0.25) is 14.9 Å². The first-order valence-corrected chi connectivity index (χ1v) is 7.01. The third kappa shape index (κ3) is 5.37. The van der Waals surface area contributed by atoms with Crippen molar-refractivity contribution in [2.75, 3.05) is 11.9 Å². The lowest BCUT2D eigenvalue weighted by atomic mass is 9.96. The number of anilines is 1. The lowest BCUT2D eigenvalue weighted by molar-refractivity contribution is -0.384. The number of nitro groups is 1. The number of hydrogen-bond acceptors (Lipinski definition) is 5. The molecule has 0 aliphatic heterocycles. The first-order valence-electron chi connectivity index (χ1n) is 7.01. The second kappa shape index (κ2) is 8.18. The minimum Gasteiger partial charge on any atom is -0.481 e. The molecule has 0 aliphatic rings. The summed E-state index contributed by atoms with van der Waals surface area (Å²) in [6.45, 7) is 4.22. The van der Waals surface area contributed by atoms with E-state index in [9.17, 15) is 14.9 Å². The second-order valence-electron chi connectivity index (χ2n) is 5.00. The molecule has 21 heavy (non-hydrogen) atoms. The maximum Gasteiger partial charge on any atom is 0.314 e. The molecule has 1 rings (SSSR count). The van der Waals surface area contributed by atoms with Crippen molar-refractivity contribution in [2.45, 2.75) is 39.5 Å². The van der Waals surface area contributed by atoms with Crippen molar-refractivity contribution in [3.05, 3.63) is 27.9 Å². The molecule has 0 spiro atoms. The van der Waals surface area contributed by atoms with Crippen molar-refractivity contribution in [2.24, 2.45) is 5.92 Å². The van der Waals surface area contributed by atoms with Crippen molar-refractivity contribution in [1.29, 1.82) is 0 Å². The van der Waals surface area contributed by atoms with Crippen LogP contribution in [0.15, 0.2) is 12.3 Å². The largest absolute Gasteiger partial charge is 0.481 e. The molecule has 7 heteroatoms. The van der Waals surface area contributed by atoms with Gasteiger partial charge < -0.3 is 10.4 Å². The van der Waals surface area contributed by atoms with E-state index in [4.69, 9.17) is 5.11 Å². The van der Waals surface area contributed by atoms with Gasteiger partial charge in [-0.2, -0.15) is 0 Å². The smallest absolute Gasteiger partial charge is 0.314 e. The van der Waals surface area contributed by atoms with Crippen molar-refractivity contribution in [1.82, 2.24) is 4.98 Å². The zero-order valence-corrected chi connectivity index (χ0v) is 12.3. The first-order chi connectivity index (χ1) is 9.95. The molecule has 1 unspecified atom stereocenters. The number of carbonyl (C=O) groups is 1. The van der Waals surface area contributed by atoms with E-state index in [1.54, 1.807) is 13.0 Å². The Morgan fingerprint density at radius 2 is 2.24 bits per heavy atom. The van der Waals surface area contributed by atoms with Crippen LogP contribution in [0.25, 0.3) is 0 Å². The molecule has 0 amide bonds. The molecule has 1 aromatic heterocycles. The highest BCUT2D eigenvalue weighted by Gasteiger charge is 2.18. The Morgan fingerprint density at radius 3 is 2.81 bits per heavy atom. The van der Waals surface area contributed by atoms with Gasteiger partial charge in [-0.15, -0.1) is 0 Å². The van der Waals surface area contributed by atoms with E-state index in [2.05, 4.69) is 10.3 Å². The quantitative estimate of drug-likeness (QED) is 0.536. The summed E-state index contributed by atoms with van der Waals surface area (Å²) < 4.78 is 0. The van der Waals surface area contributed by atoms with E-state index in [1.807, 2.05) is 6.92 Å². The van der Waals surface area contributed by atoms with Crippen LogP contribution in [-0.2, 0) is 4.79 Å². The number of aryl methyl sites for hydroxylation is 1. The van der Waals surface area contributed by atoms with Gasteiger partial charge in [0.25, 0.3) is 0 Å². The molecule has 0 bridgehead atoms. The van der Waals surface area contributed by atoms with Crippen LogP contribution in [-0.4, -0.2) is 27.5 Å². The van der Waals surface area contributed by atoms with Crippen LogP contribution >= 0.6 is 0 Å². The lowest BCUT2D eigenvalue weighted by Gasteiger charge is -2.14. The normalized spacial score (nSPS) is 11.9. The van der Waals surface area contributed by atoms with E-state index < -0.39 is 10.9 Å². The van der Waals surface area contributed by atoms with E-state index in [0.717, 1.165) is 12.8 Å². The fourth-order valence-electron chi connectivity index (χ4n) is 2.19. The summed E-state index contributed by atoms with van der Waals surface area (Å²) in [5, 5.41) is 22.7. The SMILES string of the molecule is CCC(CCNc1nccc(C)c1[N+](=O)[O-])CCC(=O)O. The highest BCUT2D eigenvalue weighted by Crippen LogP contribution is 2.25. The van der Waals surface area contributed by atoms with E-state index in [0.29, 0.717) is 18.5 Å². The number of carboxylic acid groups (broad SMARTS) is 1. The van der Waals surface area contributed by atoms with Crippen LogP contribution in [0, 0.1) is 23.0 Å². The Balaban J connectivity index is 2.57. The summed E-state index contributed by atoms with van der Waals surface area (Å²) in [6, 6.07) is 1.60. The first kappa shape index (κ1) is 16.9. The fourth-order valence-corrected chi connectivity index (χ4v) is 2.19. The standard InChI is InChI=1S/C14H21N3O4/c1-3-11(4-5-12(18)19)7-9-16-14-13(17(20)21)10(2)6-8-15-14/h6,8,11H,3-5,7,9H2,1-2H3,(H,15,16)(H,18,19). The molecule has 7 nitrogen and oxygen atoms in total. The molecule has 2 N–H and O–H groups in total. The van der Waals surface area contributed by atoms with Crippen LogP contribution < -0.4 is 5.32 Å². The number of carboxylic acids is 1. The average Bonchev–Trinajstić information content (AvgIpc) is 2.41. The molecule has 0 aromatic carbocycles. The number of rotatable bonds is 9.